The van der Waals surface area contributed by atoms with Gasteiger partial charge in [-0.3, -0.25) is 10.1 Å². The second-order valence-corrected chi connectivity index (χ2v) is 2.73. The molecule has 0 bridgehead atoms. The van der Waals surface area contributed by atoms with Crippen molar-refractivity contribution in [2.75, 3.05) is 5.73 Å². The van der Waals surface area contributed by atoms with Crippen molar-refractivity contribution in [1.29, 1.82) is 0 Å². The first-order valence-corrected chi connectivity index (χ1v) is 3.84. The van der Waals surface area contributed by atoms with Crippen molar-refractivity contribution in [2.24, 2.45) is 0 Å². The Morgan fingerprint density at radius 2 is 2.21 bits per heavy atom. The fourth-order valence-electron chi connectivity index (χ4n) is 1.24. The molecule has 0 saturated carbocycles. The molecule has 2 N–H and O–H groups in total. The summed E-state index contributed by atoms with van der Waals surface area (Å²) in [4.78, 5) is 10.1. The van der Waals surface area contributed by atoms with Crippen molar-refractivity contribution in [3.8, 4) is 0 Å². The Morgan fingerprint density at radius 1 is 1.43 bits per heavy atom. The zero-order chi connectivity index (χ0) is 10.1. The van der Waals surface area contributed by atoms with Crippen LogP contribution in [-0.4, -0.2) is 15.1 Å². The molecule has 0 spiro atoms. The van der Waals surface area contributed by atoms with Crippen molar-refractivity contribution >= 4 is 22.3 Å². The van der Waals surface area contributed by atoms with Crippen LogP contribution in [-0.2, 0) is 0 Å². The van der Waals surface area contributed by atoms with Gasteiger partial charge in [-0.15, -0.1) is 5.10 Å². The average molecular weight is 190 g/mol. The number of aromatic nitrogens is 2. The van der Waals surface area contributed by atoms with Crippen molar-refractivity contribution in [3.63, 3.8) is 0 Å². The number of non-ortho nitro benzene ring substituents is 1. The highest BCUT2D eigenvalue weighted by molar-refractivity contribution is 5.94. The molecule has 0 saturated heterocycles. The fraction of sp³-hybridized carbons (Fsp3) is 0. The molecule has 6 nitrogen and oxygen atoms in total. The molecule has 0 aliphatic rings. The van der Waals surface area contributed by atoms with E-state index >= 15 is 0 Å². The number of hydrogen-bond donors (Lipinski definition) is 1. The van der Waals surface area contributed by atoms with Crippen LogP contribution in [0.1, 0.15) is 0 Å². The Labute approximate surface area is 78.5 Å². The number of nitrogen functional groups attached to an aromatic ring is 1. The molecule has 1 aromatic carbocycles. The minimum absolute atomic E-state index is 0.0812. The molecular weight excluding hydrogens is 184 g/mol. The molecule has 2 rings (SSSR count). The van der Waals surface area contributed by atoms with Gasteiger partial charge in [0.2, 0.25) is 0 Å². The quantitative estimate of drug-likeness (QED) is 0.537. The maximum absolute atomic E-state index is 10.6. The molecular formula is C8H6N4O2. The molecule has 0 unspecified atom stereocenters. The molecule has 70 valence electrons. The van der Waals surface area contributed by atoms with Crippen molar-refractivity contribution in [3.05, 3.63) is 34.5 Å². The van der Waals surface area contributed by atoms with Crippen LogP contribution in [0.15, 0.2) is 24.4 Å². The number of rotatable bonds is 1. The highest BCUT2D eigenvalue weighted by Crippen LogP contribution is 2.25. The topological polar surface area (TPSA) is 94.9 Å². The van der Waals surface area contributed by atoms with Gasteiger partial charge in [-0.05, 0) is 0 Å². The monoisotopic (exact) mass is 190 g/mol. The summed E-state index contributed by atoms with van der Waals surface area (Å²) in [5.41, 5.74) is 6.13. The number of benzene rings is 1. The van der Waals surface area contributed by atoms with Crippen LogP contribution in [0, 0.1) is 10.1 Å². The lowest BCUT2D eigenvalue weighted by molar-refractivity contribution is -0.383. The summed E-state index contributed by atoms with van der Waals surface area (Å²) in [6.07, 6.45) is 1.37. The van der Waals surface area contributed by atoms with Crippen LogP contribution in [0.4, 0.5) is 11.4 Å². The third-order valence-electron chi connectivity index (χ3n) is 1.88. The minimum Gasteiger partial charge on any atom is -0.397 e. The summed E-state index contributed by atoms with van der Waals surface area (Å²) in [7, 11) is 0. The zero-order valence-corrected chi connectivity index (χ0v) is 7.04. The summed E-state index contributed by atoms with van der Waals surface area (Å²) in [6.45, 7) is 0. The summed E-state index contributed by atoms with van der Waals surface area (Å²) in [5, 5.41) is 18.4. The van der Waals surface area contributed by atoms with Crippen molar-refractivity contribution < 1.29 is 4.92 Å². The first kappa shape index (κ1) is 8.36. The van der Waals surface area contributed by atoms with Crippen LogP contribution in [0.25, 0.3) is 10.9 Å². The van der Waals surface area contributed by atoms with Crippen LogP contribution < -0.4 is 5.73 Å². The first-order valence-electron chi connectivity index (χ1n) is 3.84. The molecule has 0 aliphatic heterocycles. The maximum Gasteiger partial charge on any atom is 0.297 e. The summed E-state index contributed by atoms with van der Waals surface area (Å²) < 4.78 is 0. The minimum atomic E-state index is -0.504. The zero-order valence-electron chi connectivity index (χ0n) is 7.04. The molecule has 0 amide bonds. The van der Waals surface area contributed by atoms with E-state index in [4.69, 9.17) is 5.73 Å². The molecule has 6 heteroatoms. The number of nitrogens with two attached hydrogens (primary N) is 1. The van der Waals surface area contributed by atoms with Crippen LogP contribution >= 0.6 is 0 Å². The molecule has 1 aromatic heterocycles. The molecule has 0 radical (unpaired) electrons. The van der Waals surface area contributed by atoms with Crippen LogP contribution in [0.2, 0.25) is 0 Å². The van der Waals surface area contributed by atoms with E-state index in [1.165, 1.54) is 12.3 Å². The Kier molecular flexibility index (Phi) is 1.74. The Hall–Kier alpha value is -2.24. The van der Waals surface area contributed by atoms with E-state index in [2.05, 4.69) is 10.2 Å². The number of hydrogen-bond acceptors (Lipinski definition) is 5. The lowest BCUT2D eigenvalue weighted by Gasteiger charge is -1.99. The largest absolute Gasteiger partial charge is 0.397 e. The smallest absolute Gasteiger partial charge is 0.297 e. The van der Waals surface area contributed by atoms with Gasteiger partial charge in [-0.25, -0.2) is 0 Å². The maximum atomic E-state index is 10.6. The predicted octanol–water partition coefficient (Wildman–Crippen LogP) is 1.12. The van der Waals surface area contributed by atoms with Gasteiger partial charge in [0.05, 0.1) is 16.8 Å². The van der Waals surface area contributed by atoms with Gasteiger partial charge in [0.25, 0.3) is 5.69 Å². The summed E-state index contributed by atoms with van der Waals surface area (Å²) >= 11 is 0. The standard InChI is InChI=1S/C8H6N4O2/c9-6-4-10-11-8-5(6)2-1-3-7(8)12(13)14/h1-4H,(H2,9,11). The van der Waals surface area contributed by atoms with Gasteiger partial charge in [-0.2, -0.15) is 5.10 Å². The molecule has 0 atom stereocenters. The first-order chi connectivity index (χ1) is 6.70. The van der Waals surface area contributed by atoms with E-state index in [0.717, 1.165) is 0 Å². The summed E-state index contributed by atoms with van der Waals surface area (Å²) in [5.74, 6) is 0. The van der Waals surface area contributed by atoms with Gasteiger partial charge >= 0.3 is 0 Å². The van der Waals surface area contributed by atoms with Gasteiger partial charge in [-0.1, -0.05) is 12.1 Å². The van der Waals surface area contributed by atoms with E-state index in [-0.39, 0.29) is 11.2 Å². The van der Waals surface area contributed by atoms with E-state index in [1.807, 2.05) is 0 Å². The van der Waals surface area contributed by atoms with Gasteiger partial charge in [0, 0.05) is 11.5 Å². The molecule has 0 aliphatic carbocycles. The van der Waals surface area contributed by atoms with Gasteiger partial charge in [0.15, 0.2) is 5.52 Å². The number of fused-ring (bicyclic) bond motifs is 1. The fourth-order valence-corrected chi connectivity index (χ4v) is 1.24. The van der Waals surface area contributed by atoms with Gasteiger partial charge in [0.1, 0.15) is 0 Å². The second-order valence-electron chi connectivity index (χ2n) is 2.73. The Bertz CT molecular complexity index is 512. The van der Waals surface area contributed by atoms with E-state index in [9.17, 15) is 10.1 Å². The molecule has 2 aromatic rings. The molecule has 14 heavy (non-hydrogen) atoms. The third-order valence-corrected chi connectivity index (χ3v) is 1.88. The molecule has 0 fully saturated rings. The Morgan fingerprint density at radius 3 is 2.93 bits per heavy atom. The van der Waals surface area contributed by atoms with Crippen molar-refractivity contribution in [2.45, 2.75) is 0 Å². The number of nitro benzene ring substituents is 1. The highest BCUT2D eigenvalue weighted by atomic mass is 16.6. The number of anilines is 1. The second kappa shape index (κ2) is 2.91. The Balaban J connectivity index is 2.88. The normalized spacial score (nSPS) is 10.3. The molecule has 1 heterocycles. The van der Waals surface area contributed by atoms with Gasteiger partial charge < -0.3 is 5.73 Å². The number of nitro groups is 1. The summed E-state index contributed by atoms with van der Waals surface area (Å²) in [6, 6.07) is 4.61. The average Bonchev–Trinajstić information content (AvgIpc) is 2.17. The van der Waals surface area contributed by atoms with Crippen LogP contribution in [0.5, 0.6) is 0 Å². The highest BCUT2D eigenvalue weighted by Gasteiger charge is 2.13. The SMILES string of the molecule is Nc1cnnc2c([N+](=O)[O-])cccc12. The van der Waals surface area contributed by atoms with Crippen LogP contribution in [0.3, 0.4) is 0 Å². The predicted molar refractivity (Wildman–Crippen MR) is 50.6 cm³/mol. The third kappa shape index (κ3) is 1.13. The van der Waals surface area contributed by atoms with E-state index < -0.39 is 4.92 Å². The lowest BCUT2D eigenvalue weighted by atomic mass is 10.2. The van der Waals surface area contributed by atoms with Crippen molar-refractivity contribution in [1.82, 2.24) is 10.2 Å². The van der Waals surface area contributed by atoms with E-state index in [1.54, 1.807) is 12.1 Å². The van der Waals surface area contributed by atoms with E-state index in [0.29, 0.717) is 11.1 Å². The number of nitrogens with zero attached hydrogens (tertiary/aromatic N) is 3. The lowest BCUT2D eigenvalue weighted by Crippen LogP contribution is -1.96.